The van der Waals surface area contributed by atoms with E-state index in [1.165, 1.54) is 22.5 Å². The molecule has 0 bridgehead atoms. The van der Waals surface area contributed by atoms with Crippen LogP contribution in [0.2, 0.25) is 0 Å². The molecule has 4 aromatic rings. The van der Waals surface area contributed by atoms with Crippen LogP contribution in [0.15, 0.2) is 87.3 Å². The zero-order chi connectivity index (χ0) is 27.1. The van der Waals surface area contributed by atoms with Gasteiger partial charge in [-0.05, 0) is 66.5 Å². The second-order valence-electron chi connectivity index (χ2n) is 8.69. The first-order chi connectivity index (χ1) is 18.3. The first-order valence-corrected chi connectivity index (χ1v) is 13.7. The van der Waals surface area contributed by atoms with Crippen LogP contribution in [-0.4, -0.2) is 37.4 Å². The number of nitroso groups, excluding NO2 is 1. The fourth-order valence-electron chi connectivity index (χ4n) is 4.05. The number of nitrogen functional groups attached to an aromatic ring is 1. The number of likely N-dealkylation sites (N-methyl/N-ethyl adjacent to an activating group) is 1. The summed E-state index contributed by atoms with van der Waals surface area (Å²) in [7, 11) is -3.82. The van der Waals surface area contributed by atoms with Crippen LogP contribution >= 0.6 is 0 Å². The molecule has 4 rings (SSSR count). The number of nitrogens with two attached hydrogens (primary N) is 1. The summed E-state index contributed by atoms with van der Waals surface area (Å²) in [6.07, 6.45) is 1.13. The fourth-order valence-corrected chi connectivity index (χ4v) is 5.60. The van der Waals surface area contributed by atoms with Crippen molar-refractivity contribution < 1.29 is 17.6 Å². The van der Waals surface area contributed by atoms with Crippen molar-refractivity contribution in [2.24, 2.45) is 5.18 Å². The van der Waals surface area contributed by atoms with Gasteiger partial charge >= 0.3 is 0 Å². The summed E-state index contributed by atoms with van der Waals surface area (Å²) < 4.78 is 39.3. The van der Waals surface area contributed by atoms with Crippen molar-refractivity contribution in [2.75, 3.05) is 25.4 Å². The smallest absolute Gasteiger partial charge is 0.245 e. The summed E-state index contributed by atoms with van der Waals surface area (Å²) in [6.45, 7) is 4.68. The Morgan fingerprint density at radius 1 is 1.03 bits per heavy atom. The SMILES string of the molecule is CCN(CCc1ccc(OCCc2nc(-c3ccccc3)oc2C)cc1)S(=O)(=O)c1ccc(N=O)cc1N. The number of hydrogen-bond acceptors (Lipinski definition) is 8. The maximum atomic E-state index is 13.1. The minimum atomic E-state index is -3.82. The molecule has 10 heteroatoms. The van der Waals surface area contributed by atoms with Gasteiger partial charge in [-0.25, -0.2) is 13.4 Å². The summed E-state index contributed by atoms with van der Waals surface area (Å²) in [5, 5.41) is 2.80. The van der Waals surface area contributed by atoms with E-state index in [9.17, 15) is 13.3 Å². The number of aromatic nitrogens is 1. The van der Waals surface area contributed by atoms with Crippen LogP contribution in [0.25, 0.3) is 11.5 Å². The number of aryl methyl sites for hydroxylation is 1. The van der Waals surface area contributed by atoms with Gasteiger partial charge in [0, 0.05) is 25.1 Å². The minimum Gasteiger partial charge on any atom is -0.493 e. The molecule has 0 aliphatic heterocycles. The number of benzene rings is 3. The number of nitrogens with zero attached hydrogens (tertiary/aromatic N) is 3. The normalized spacial score (nSPS) is 11.6. The van der Waals surface area contributed by atoms with Crippen LogP contribution < -0.4 is 10.5 Å². The lowest BCUT2D eigenvalue weighted by atomic mass is 10.1. The van der Waals surface area contributed by atoms with Gasteiger partial charge in [0.2, 0.25) is 15.9 Å². The highest BCUT2D eigenvalue weighted by molar-refractivity contribution is 7.89. The highest BCUT2D eigenvalue weighted by Crippen LogP contribution is 2.27. The quantitative estimate of drug-likeness (QED) is 0.188. The number of anilines is 1. The summed E-state index contributed by atoms with van der Waals surface area (Å²) in [6, 6.07) is 21.3. The predicted molar refractivity (Wildman–Crippen MR) is 147 cm³/mol. The highest BCUT2D eigenvalue weighted by Gasteiger charge is 2.25. The standard InChI is InChI=1S/C28H30N4O5S/c1-3-32(38(34,35)27-14-11-23(31-33)19-25(27)29)17-15-21-9-12-24(13-10-21)36-18-16-26-20(2)37-28(30-26)22-7-5-4-6-8-22/h4-14,19H,3,15-18,29H2,1-2H3. The number of oxazole rings is 1. The molecule has 0 spiro atoms. The van der Waals surface area contributed by atoms with Gasteiger partial charge in [-0.3, -0.25) is 0 Å². The summed E-state index contributed by atoms with van der Waals surface area (Å²) >= 11 is 0. The average molecular weight is 535 g/mol. The molecule has 3 aromatic carbocycles. The predicted octanol–water partition coefficient (Wildman–Crippen LogP) is 5.50. The van der Waals surface area contributed by atoms with Gasteiger partial charge in [-0.15, -0.1) is 4.91 Å². The van der Waals surface area contributed by atoms with Crippen molar-refractivity contribution in [3.05, 3.63) is 94.7 Å². The van der Waals surface area contributed by atoms with Crippen LogP contribution in [0, 0.1) is 11.8 Å². The molecule has 0 aliphatic rings. The molecular formula is C28H30N4O5S. The Kier molecular flexibility index (Phi) is 8.55. The Bertz CT molecular complexity index is 1490. The maximum Gasteiger partial charge on any atom is 0.245 e. The Morgan fingerprint density at radius 2 is 1.76 bits per heavy atom. The van der Waals surface area contributed by atoms with E-state index in [1.54, 1.807) is 6.92 Å². The van der Waals surface area contributed by atoms with Gasteiger partial charge in [-0.2, -0.15) is 4.31 Å². The van der Waals surface area contributed by atoms with Crippen LogP contribution in [0.4, 0.5) is 11.4 Å². The summed E-state index contributed by atoms with van der Waals surface area (Å²) in [5.41, 5.74) is 8.73. The van der Waals surface area contributed by atoms with Gasteiger partial charge in [0.1, 0.15) is 22.1 Å². The van der Waals surface area contributed by atoms with Crippen molar-refractivity contribution in [1.29, 1.82) is 0 Å². The number of hydrogen-bond donors (Lipinski definition) is 1. The fraction of sp³-hybridized carbons (Fsp3) is 0.250. The summed E-state index contributed by atoms with van der Waals surface area (Å²) in [4.78, 5) is 15.3. The molecular weight excluding hydrogens is 504 g/mol. The second-order valence-corrected chi connectivity index (χ2v) is 10.6. The van der Waals surface area contributed by atoms with Crippen molar-refractivity contribution in [2.45, 2.75) is 31.6 Å². The van der Waals surface area contributed by atoms with Gasteiger partial charge in [-0.1, -0.05) is 37.3 Å². The number of ether oxygens (including phenoxy) is 1. The molecule has 9 nitrogen and oxygen atoms in total. The molecule has 0 saturated heterocycles. The lowest BCUT2D eigenvalue weighted by Crippen LogP contribution is -2.33. The summed E-state index contributed by atoms with van der Waals surface area (Å²) in [5.74, 6) is 2.09. The van der Waals surface area contributed by atoms with Crippen molar-refractivity contribution in [3.63, 3.8) is 0 Å². The molecule has 198 valence electrons. The topological polar surface area (TPSA) is 128 Å². The lowest BCUT2D eigenvalue weighted by molar-refractivity contribution is 0.319. The third kappa shape index (κ3) is 6.27. The van der Waals surface area contributed by atoms with E-state index in [-0.39, 0.29) is 29.4 Å². The number of rotatable bonds is 12. The lowest BCUT2D eigenvalue weighted by Gasteiger charge is -2.21. The zero-order valence-corrected chi connectivity index (χ0v) is 22.1. The molecule has 2 N–H and O–H groups in total. The third-order valence-corrected chi connectivity index (χ3v) is 8.21. The molecule has 1 heterocycles. The van der Waals surface area contributed by atoms with Crippen molar-refractivity contribution in [1.82, 2.24) is 9.29 Å². The van der Waals surface area contributed by atoms with E-state index in [4.69, 9.17) is 14.9 Å². The van der Waals surface area contributed by atoms with Gasteiger partial charge in [0.05, 0.1) is 18.0 Å². The van der Waals surface area contributed by atoms with Gasteiger partial charge < -0.3 is 14.9 Å². The van der Waals surface area contributed by atoms with E-state index in [0.717, 1.165) is 28.3 Å². The maximum absolute atomic E-state index is 13.1. The largest absolute Gasteiger partial charge is 0.493 e. The van der Waals surface area contributed by atoms with Gasteiger partial charge in [0.15, 0.2) is 0 Å². The van der Waals surface area contributed by atoms with E-state index in [1.807, 2.05) is 61.5 Å². The van der Waals surface area contributed by atoms with Crippen LogP contribution in [0.1, 0.15) is 23.9 Å². The van der Waals surface area contributed by atoms with Crippen molar-refractivity contribution in [3.8, 4) is 17.2 Å². The van der Waals surface area contributed by atoms with Gasteiger partial charge in [0.25, 0.3) is 0 Å². The average Bonchev–Trinajstić information content (AvgIpc) is 3.30. The first kappa shape index (κ1) is 27.0. The molecule has 38 heavy (non-hydrogen) atoms. The second kappa shape index (κ2) is 12.0. The molecule has 0 saturated carbocycles. The minimum absolute atomic E-state index is 0.000782. The molecule has 0 amide bonds. The number of sulfonamides is 1. The Balaban J connectivity index is 1.31. The molecule has 1 aromatic heterocycles. The molecule has 0 fully saturated rings. The Morgan fingerprint density at radius 3 is 2.42 bits per heavy atom. The van der Waals surface area contributed by atoms with E-state index in [2.05, 4.69) is 10.2 Å². The van der Waals surface area contributed by atoms with Crippen LogP contribution in [-0.2, 0) is 22.9 Å². The molecule has 0 unspecified atom stereocenters. The molecule has 0 radical (unpaired) electrons. The van der Waals surface area contributed by atoms with Crippen LogP contribution in [0.3, 0.4) is 0 Å². The Labute approximate surface area is 222 Å². The Hall–Kier alpha value is -4.02. The highest BCUT2D eigenvalue weighted by atomic mass is 32.2. The van der Waals surface area contributed by atoms with E-state index < -0.39 is 10.0 Å². The zero-order valence-electron chi connectivity index (χ0n) is 21.3. The van der Waals surface area contributed by atoms with E-state index in [0.29, 0.717) is 25.3 Å². The third-order valence-electron chi connectivity index (χ3n) is 6.16. The van der Waals surface area contributed by atoms with Crippen LogP contribution in [0.5, 0.6) is 5.75 Å². The van der Waals surface area contributed by atoms with E-state index >= 15 is 0 Å². The molecule has 0 aliphatic carbocycles. The van der Waals surface area contributed by atoms with Crippen molar-refractivity contribution >= 4 is 21.4 Å². The monoisotopic (exact) mass is 534 g/mol. The molecule has 0 atom stereocenters. The first-order valence-electron chi connectivity index (χ1n) is 12.3.